The second-order valence-electron chi connectivity index (χ2n) is 5.77. The fraction of sp³-hybridized carbons (Fsp3) is 0.263. The molecule has 0 unspecified atom stereocenters. The highest BCUT2D eigenvalue weighted by molar-refractivity contribution is 7.99. The number of carbonyl (C=O) groups excluding carboxylic acids is 1. The molecule has 1 N–H and O–H groups in total. The van der Waals surface area contributed by atoms with Gasteiger partial charge < -0.3 is 14.2 Å². The second kappa shape index (κ2) is 10.7. The van der Waals surface area contributed by atoms with Crippen molar-refractivity contribution in [1.82, 2.24) is 20.1 Å². The number of aromatic nitrogens is 3. The van der Waals surface area contributed by atoms with Crippen LogP contribution in [0.15, 0.2) is 68.0 Å². The minimum atomic E-state index is -0.689. The zero-order valence-corrected chi connectivity index (χ0v) is 17.2. The number of rotatable bonds is 11. The van der Waals surface area contributed by atoms with Gasteiger partial charge in [-0.25, -0.2) is 9.78 Å². The molecule has 0 saturated carbocycles. The molecule has 0 fully saturated rings. The molecule has 152 valence electrons. The van der Waals surface area contributed by atoms with E-state index in [1.807, 2.05) is 12.1 Å². The number of nitrogens with one attached hydrogen (secondary N) is 1. The van der Waals surface area contributed by atoms with Crippen molar-refractivity contribution in [3.63, 3.8) is 0 Å². The van der Waals surface area contributed by atoms with Crippen LogP contribution in [-0.4, -0.2) is 38.7 Å². The van der Waals surface area contributed by atoms with Gasteiger partial charge in [0.2, 0.25) is 5.91 Å². The molecule has 0 saturated heterocycles. The Morgan fingerprint density at radius 1 is 1.34 bits per heavy atom. The minimum absolute atomic E-state index is 0.136. The molecular weight excluding hydrogens is 412 g/mol. The van der Waals surface area contributed by atoms with E-state index in [0.717, 1.165) is 21.9 Å². The molecule has 10 heteroatoms. The summed E-state index contributed by atoms with van der Waals surface area (Å²) in [4.78, 5) is 28.5. The Morgan fingerprint density at radius 3 is 3.03 bits per heavy atom. The summed E-state index contributed by atoms with van der Waals surface area (Å²) in [5.74, 6) is 2.16. The molecule has 0 aliphatic rings. The van der Waals surface area contributed by atoms with E-state index in [9.17, 15) is 9.59 Å². The van der Waals surface area contributed by atoms with Gasteiger partial charge in [0.1, 0.15) is 17.3 Å². The Kier molecular flexibility index (Phi) is 7.77. The predicted octanol–water partition coefficient (Wildman–Crippen LogP) is 2.82. The predicted molar refractivity (Wildman–Crippen MR) is 113 cm³/mol. The van der Waals surface area contributed by atoms with Gasteiger partial charge in [-0.15, -0.1) is 23.4 Å². The van der Waals surface area contributed by atoms with E-state index in [4.69, 9.17) is 8.83 Å². The number of nitrogens with zero attached hydrogens (tertiary/aromatic N) is 3. The molecular formula is C19H20N4O4S2. The average molecular weight is 433 g/mol. The molecule has 3 aromatic rings. The fourth-order valence-electron chi connectivity index (χ4n) is 2.34. The number of amides is 1. The topological polar surface area (TPSA) is 103 Å². The van der Waals surface area contributed by atoms with E-state index >= 15 is 0 Å². The molecule has 0 aromatic carbocycles. The van der Waals surface area contributed by atoms with E-state index < -0.39 is 5.76 Å². The van der Waals surface area contributed by atoms with Crippen molar-refractivity contribution in [3.05, 3.63) is 65.7 Å². The molecule has 0 spiro atoms. The third-order valence-corrected chi connectivity index (χ3v) is 5.61. The highest BCUT2D eigenvalue weighted by Gasteiger charge is 2.16. The first kappa shape index (κ1) is 21.0. The maximum absolute atomic E-state index is 12.1. The highest BCUT2D eigenvalue weighted by Crippen LogP contribution is 2.27. The zero-order chi connectivity index (χ0) is 20.5. The van der Waals surface area contributed by atoms with Crippen LogP contribution >= 0.6 is 23.5 Å². The normalized spacial score (nSPS) is 10.8. The molecule has 0 atom stereocenters. The van der Waals surface area contributed by atoms with Gasteiger partial charge in [0.15, 0.2) is 0 Å². The van der Waals surface area contributed by atoms with Crippen molar-refractivity contribution in [1.29, 1.82) is 0 Å². The summed E-state index contributed by atoms with van der Waals surface area (Å²) < 4.78 is 11.5. The van der Waals surface area contributed by atoms with Gasteiger partial charge in [0, 0.05) is 24.2 Å². The average Bonchev–Trinajstić information content (AvgIpc) is 3.36. The zero-order valence-electron chi connectivity index (χ0n) is 15.6. The number of pyridine rings is 1. The van der Waals surface area contributed by atoms with Crippen molar-refractivity contribution in [2.24, 2.45) is 0 Å². The van der Waals surface area contributed by atoms with Crippen LogP contribution in [0.5, 0.6) is 0 Å². The Hall–Kier alpha value is -2.72. The second-order valence-corrected chi connectivity index (χ2v) is 7.88. The largest absolute Gasteiger partial charge is 0.468 e. The van der Waals surface area contributed by atoms with Crippen LogP contribution in [-0.2, 0) is 17.1 Å². The lowest BCUT2D eigenvalue weighted by molar-refractivity contribution is -0.121. The lowest BCUT2D eigenvalue weighted by Crippen LogP contribution is -2.32. The molecule has 0 aliphatic carbocycles. The standard InChI is InChI=1S/C19H20N4O4S2/c1-2-10-29-18-15(6-3-7-21-18)17-22-23(19(25)27-17)12-16(24)20-8-11-28-13-14-5-4-9-26-14/h2-7,9H,1,8,10-13H2,(H,20,24). The van der Waals surface area contributed by atoms with Crippen LogP contribution in [0.2, 0.25) is 0 Å². The molecule has 0 radical (unpaired) electrons. The van der Waals surface area contributed by atoms with Crippen molar-refractivity contribution >= 4 is 29.4 Å². The van der Waals surface area contributed by atoms with Gasteiger partial charge in [-0.05, 0) is 24.3 Å². The molecule has 3 rings (SSSR count). The molecule has 0 bridgehead atoms. The van der Waals surface area contributed by atoms with Crippen molar-refractivity contribution in [3.8, 4) is 11.5 Å². The highest BCUT2D eigenvalue weighted by atomic mass is 32.2. The maximum atomic E-state index is 12.1. The number of thioether (sulfide) groups is 2. The van der Waals surface area contributed by atoms with Crippen LogP contribution in [0.1, 0.15) is 5.76 Å². The molecule has 29 heavy (non-hydrogen) atoms. The lowest BCUT2D eigenvalue weighted by atomic mass is 10.3. The Balaban J connectivity index is 1.53. The first-order chi connectivity index (χ1) is 14.2. The lowest BCUT2D eigenvalue weighted by Gasteiger charge is -2.04. The quantitative estimate of drug-likeness (QED) is 0.280. The SMILES string of the molecule is C=CCSc1ncccc1-c1nn(CC(=O)NCCSCc2ccco2)c(=O)o1. The molecule has 8 nitrogen and oxygen atoms in total. The van der Waals surface area contributed by atoms with Crippen LogP contribution in [0.25, 0.3) is 11.5 Å². The van der Waals surface area contributed by atoms with Gasteiger partial charge in [0.25, 0.3) is 5.89 Å². The summed E-state index contributed by atoms with van der Waals surface area (Å²) in [7, 11) is 0. The van der Waals surface area contributed by atoms with Gasteiger partial charge in [-0.3, -0.25) is 4.79 Å². The fourth-order valence-corrected chi connectivity index (χ4v) is 3.82. The summed E-state index contributed by atoms with van der Waals surface area (Å²) in [5, 5.41) is 7.59. The monoisotopic (exact) mass is 432 g/mol. The molecule has 0 aliphatic heterocycles. The summed E-state index contributed by atoms with van der Waals surface area (Å²) >= 11 is 3.10. The van der Waals surface area contributed by atoms with Gasteiger partial charge in [-0.2, -0.15) is 16.4 Å². The van der Waals surface area contributed by atoms with Crippen molar-refractivity contribution < 1.29 is 13.6 Å². The minimum Gasteiger partial charge on any atom is -0.468 e. The third kappa shape index (κ3) is 6.13. The van der Waals surface area contributed by atoms with Gasteiger partial charge in [0.05, 0.1) is 17.6 Å². The number of furan rings is 1. The number of hydrogen-bond donors (Lipinski definition) is 1. The summed E-state index contributed by atoms with van der Waals surface area (Å²) in [6.45, 7) is 3.96. The Labute approximate surface area is 175 Å². The molecule has 1 amide bonds. The molecule has 3 aromatic heterocycles. The van der Waals surface area contributed by atoms with Crippen LogP contribution < -0.4 is 11.1 Å². The van der Waals surface area contributed by atoms with Gasteiger partial charge in [-0.1, -0.05) is 6.08 Å². The van der Waals surface area contributed by atoms with E-state index in [0.29, 0.717) is 22.9 Å². The first-order valence-corrected chi connectivity index (χ1v) is 10.9. The summed E-state index contributed by atoms with van der Waals surface area (Å²) in [6, 6.07) is 7.25. The van der Waals surface area contributed by atoms with E-state index in [-0.39, 0.29) is 18.3 Å². The van der Waals surface area contributed by atoms with Crippen LogP contribution in [0, 0.1) is 0 Å². The Morgan fingerprint density at radius 2 is 2.24 bits per heavy atom. The summed E-state index contributed by atoms with van der Waals surface area (Å²) in [6.07, 6.45) is 5.05. The first-order valence-electron chi connectivity index (χ1n) is 8.81. The van der Waals surface area contributed by atoms with Crippen LogP contribution in [0.4, 0.5) is 0 Å². The number of hydrogen-bond acceptors (Lipinski definition) is 8. The van der Waals surface area contributed by atoms with E-state index in [2.05, 4.69) is 22.0 Å². The maximum Gasteiger partial charge on any atom is 0.437 e. The number of carbonyl (C=O) groups is 1. The van der Waals surface area contributed by atoms with Crippen LogP contribution in [0.3, 0.4) is 0 Å². The van der Waals surface area contributed by atoms with Gasteiger partial charge >= 0.3 is 5.76 Å². The molecule has 3 heterocycles. The van der Waals surface area contributed by atoms with Crippen molar-refractivity contribution in [2.45, 2.75) is 17.3 Å². The van der Waals surface area contributed by atoms with E-state index in [1.54, 1.807) is 42.4 Å². The summed E-state index contributed by atoms with van der Waals surface area (Å²) in [5.41, 5.74) is 0.602. The third-order valence-electron chi connectivity index (χ3n) is 3.63. The van der Waals surface area contributed by atoms with E-state index in [1.165, 1.54) is 11.8 Å². The van der Waals surface area contributed by atoms with Crippen molar-refractivity contribution in [2.75, 3.05) is 18.1 Å². The Bertz CT molecular complexity index is 998. The smallest absolute Gasteiger partial charge is 0.437 e.